The molecule has 1 aromatic carbocycles. The number of hydrogen-bond acceptors (Lipinski definition) is 4. The Bertz CT molecular complexity index is 514. The van der Waals surface area contributed by atoms with Crippen molar-refractivity contribution in [1.82, 2.24) is 9.80 Å². The molecule has 0 aromatic heterocycles. The van der Waals surface area contributed by atoms with Crippen LogP contribution in [0.15, 0.2) is 24.3 Å². The van der Waals surface area contributed by atoms with Gasteiger partial charge in [0.05, 0.1) is 13.0 Å². The van der Waals surface area contributed by atoms with E-state index in [4.69, 9.17) is 4.74 Å². The van der Waals surface area contributed by atoms with E-state index in [1.807, 2.05) is 44.1 Å². The normalized spacial score (nSPS) is 12.1. The molecule has 0 N–H and O–H groups in total. The van der Waals surface area contributed by atoms with Crippen molar-refractivity contribution in [3.8, 4) is 0 Å². The van der Waals surface area contributed by atoms with E-state index >= 15 is 0 Å². The maximum absolute atomic E-state index is 12.7. The van der Waals surface area contributed by atoms with Gasteiger partial charge in [0.2, 0.25) is 0 Å². The number of carbonyl (C=O) groups excluding carboxylic acids is 2. The van der Waals surface area contributed by atoms with Gasteiger partial charge in [-0.25, -0.2) is 0 Å². The van der Waals surface area contributed by atoms with Crippen molar-refractivity contribution in [2.75, 3.05) is 40.8 Å². The molecule has 0 spiro atoms. The Morgan fingerprint density at radius 2 is 1.91 bits per heavy atom. The summed E-state index contributed by atoms with van der Waals surface area (Å²) in [6, 6.07) is 7.50. The summed E-state index contributed by atoms with van der Waals surface area (Å²) in [4.78, 5) is 28.1. The Morgan fingerprint density at radius 1 is 1.23 bits per heavy atom. The first kappa shape index (κ1) is 18.2. The number of amides is 1. The van der Waals surface area contributed by atoms with Gasteiger partial charge in [-0.1, -0.05) is 24.6 Å². The Labute approximate surface area is 132 Å². The quantitative estimate of drug-likeness (QED) is 0.721. The zero-order chi connectivity index (χ0) is 16.7. The van der Waals surface area contributed by atoms with E-state index in [0.29, 0.717) is 18.7 Å². The largest absolute Gasteiger partial charge is 0.469 e. The van der Waals surface area contributed by atoms with Crippen LogP contribution < -0.4 is 0 Å². The fourth-order valence-corrected chi connectivity index (χ4v) is 2.16. The molecule has 0 fully saturated rings. The monoisotopic (exact) mass is 306 g/mol. The third-order valence-electron chi connectivity index (χ3n) is 3.47. The average Bonchev–Trinajstić information content (AvgIpc) is 2.49. The number of ether oxygens (including phenoxy) is 1. The van der Waals surface area contributed by atoms with Crippen LogP contribution in [-0.4, -0.2) is 62.5 Å². The number of hydrogen-bond donors (Lipinski definition) is 0. The molecule has 0 saturated carbocycles. The molecule has 0 aliphatic rings. The summed E-state index contributed by atoms with van der Waals surface area (Å²) >= 11 is 0. The van der Waals surface area contributed by atoms with E-state index in [9.17, 15) is 9.59 Å². The average molecular weight is 306 g/mol. The summed E-state index contributed by atoms with van der Waals surface area (Å²) in [6.07, 6.45) is 0. The number of aryl methyl sites for hydroxylation is 1. The highest BCUT2D eigenvalue weighted by atomic mass is 16.5. The molecule has 0 heterocycles. The van der Waals surface area contributed by atoms with Gasteiger partial charge in [0.25, 0.3) is 5.91 Å². The number of nitrogens with zero attached hydrogens (tertiary/aromatic N) is 2. The number of benzene rings is 1. The Hall–Kier alpha value is -1.88. The maximum atomic E-state index is 12.7. The molecular weight excluding hydrogens is 280 g/mol. The standard InChI is InChI=1S/C17H26N2O3/c1-13-7-6-8-15(11-13)16(20)19(10-9-18(3)4)12-14(2)17(21)22-5/h6-8,11,14H,9-10,12H2,1-5H3. The molecule has 5 heteroatoms. The number of esters is 1. The van der Waals surface area contributed by atoms with Crippen molar-refractivity contribution in [3.05, 3.63) is 35.4 Å². The minimum atomic E-state index is -0.346. The third-order valence-corrected chi connectivity index (χ3v) is 3.47. The summed E-state index contributed by atoms with van der Waals surface area (Å²) in [5.41, 5.74) is 1.69. The second-order valence-electron chi connectivity index (χ2n) is 5.85. The second-order valence-corrected chi connectivity index (χ2v) is 5.85. The smallest absolute Gasteiger partial charge is 0.310 e. The topological polar surface area (TPSA) is 49.9 Å². The zero-order valence-electron chi connectivity index (χ0n) is 14.1. The number of carbonyl (C=O) groups is 2. The van der Waals surface area contributed by atoms with Crippen molar-refractivity contribution in [3.63, 3.8) is 0 Å². The van der Waals surface area contributed by atoms with Gasteiger partial charge in [0, 0.05) is 25.2 Å². The highest BCUT2D eigenvalue weighted by Crippen LogP contribution is 2.11. The molecule has 0 saturated heterocycles. The molecule has 0 aliphatic heterocycles. The molecule has 122 valence electrons. The van der Waals surface area contributed by atoms with Crippen LogP contribution in [0.4, 0.5) is 0 Å². The van der Waals surface area contributed by atoms with Crippen molar-refractivity contribution in [2.24, 2.45) is 5.92 Å². The fraction of sp³-hybridized carbons (Fsp3) is 0.529. The summed E-state index contributed by atoms with van der Waals surface area (Å²) < 4.78 is 4.76. The minimum Gasteiger partial charge on any atom is -0.469 e. The lowest BCUT2D eigenvalue weighted by Gasteiger charge is -2.26. The predicted octanol–water partition coefficient (Wildman–Crippen LogP) is 1.81. The Balaban J connectivity index is 2.88. The zero-order valence-corrected chi connectivity index (χ0v) is 14.1. The molecule has 1 aromatic rings. The molecule has 5 nitrogen and oxygen atoms in total. The van der Waals surface area contributed by atoms with Crippen molar-refractivity contribution >= 4 is 11.9 Å². The Kier molecular flexibility index (Phi) is 7.05. The van der Waals surface area contributed by atoms with Gasteiger partial charge in [-0.3, -0.25) is 9.59 Å². The van der Waals surface area contributed by atoms with E-state index in [-0.39, 0.29) is 17.8 Å². The molecule has 0 bridgehead atoms. The SMILES string of the molecule is COC(=O)C(C)CN(CCN(C)C)C(=O)c1cccc(C)c1. The van der Waals surface area contributed by atoms with Gasteiger partial charge < -0.3 is 14.5 Å². The second kappa shape index (κ2) is 8.54. The van der Waals surface area contributed by atoms with Gasteiger partial charge >= 0.3 is 5.97 Å². The van der Waals surface area contributed by atoms with E-state index in [2.05, 4.69) is 0 Å². The van der Waals surface area contributed by atoms with Gasteiger partial charge in [0.1, 0.15) is 0 Å². The fourth-order valence-electron chi connectivity index (χ4n) is 2.16. The molecule has 1 unspecified atom stereocenters. The summed E-state index contributed by atoms with van der Waals surface area (Å²) in [7, 11) is 5.28. The minimum absolute atomic E-state index is 0.0543. The summed E-state index contributed by atoms with van der Waals surface area (Å²) in [5, 5.41) is 0. The van der Waals surface area contributed by atoms with Crippen LogP contribution in [0.3, 0.4) is 0 Å². The number of likely N-dealkylation sites (N-methyl/N-ethyl adjacent to an activating group) is 1. The molecule has 1 rings (SSSR count). The molecular formula is C17H26N2O3. The van der Waals surface area contributed by atoms with Crippen LogP contribution in [0.1, 0.15) is 22.8 Å². The molecule has 22 heavy (non-hydrogen) atoms. The first-order chi connectivity index (χ1) is 10.3. The first-order valence-corrected chi connectivity index (χ1v) is 7.43. The van der Waals surface area contributed by atoms with E-state index in [0.717, 1.165) is 12.1 Å². The lowest BCUT2D eigenvalue weighted by molar-refractivity contribution is -0.145. The van der Waals surface area contributed by atoms with Crippen LogP contribution >= 0.6 is 0 Å². The summed E-state index contributed by atoms with van der Waals surface area (Å²) in [5.74, 6) is -0.700. The maximum Gasteiger partial charge on any atom is 0.310 e. The van der Waals surface area contributed by atoms with Crippen LogP contribution in [0.2, 0.25) is 0 Å². The van der Waals surface area contributed by atoms with Gasteiger partial charge in [-0.15, -0.1) is 0 Å². The highest BCUT2D eigenvalue weighted by molar-refractivity contribution is 5.94. The van der Waals surface area contributed by atoms with Gasteiger partial charge in [0.15, 0.2) is 0 Å². The van der Waals surface area contributed by atoms with Gasteiger partial charge in [-0.2, -0.15) is 0 Å². The molecule has 1 amide bonds. The molecule has 1 atom stereocenters. The molecule has 0 aliphatic carbocycles. The third kappa shape index (κ3) is 5.48. The van der Waals surface area contributed by atoms with E-state index in [1.54, 1.807) is 17.9 Å². The molecule has 0 radical (unpaired) electrons. The van der Waals surface area contributed by atoms with E-state index in [1.165, 1.54) is 7.11 Å². The van der Waals surface area contributed by atoms with Crippen LogP contribution in [0, 0.1) is 12.8 Å². The first-order valence-electron chi connectivity index (χ1n) is 7.43. The van der Waals surface area contributed by atoms with Crippen molar-refractivity contribution in [2.45, 2.75) is 13.8 Å². The van der Waals surface area contributed by atoms with Crippen LogP contribution in [0.25, 0.3) is 0 Å². The van der Waals surface area contributed by atoms with E-state index < -0.39 is 0 Å². The lowest BCUT2D eigenvalue weighted by atomic mass is 10.1. The van der Waals surface area contributed by atoms with Crippen LogP contribution in [-0.2, 0) is 9.53 Å². The predicted molar refractivity (Wildman–Crippen MR) is 86.8 cm³/mol. The highest BCUT2D eigenvalue weighted by Gasteiger charge is 2.22. The van der Waals surface area contributed by atoms with Crippen LogP contribution in [0.5, 0.6) is 0 Å². The number of rotatable bonds is 7. The van der Waals surface area contributed by atoms with Crippen molar-refractivity contribution in [1.29, 1.82) is 0 Å². The number of methoxy groups -OCH3 is 1. The Morgan fingerprint density at radius 3 is 2.45 bits per heavy atom. The summed E-state index contributed by atoms with van der Waals surface area (Å²) in [6.45, 7) is 5.40. The van der Waals surface area contributed by atoms with Crippen molar-refractivity contribution < 1.29 is 14.3 Å². The van der Waals surface area contributed by atoms with Gasteiger partial charge in [-0.05, 0) is 33.2 Å². The lowest BCUT2D eigenvalue weighted by Crippen LogP contribution is -2.41.